The van der Waals surface area contributed by atoms with Crippen molar-refractivity contribution in [3.8, 4) is 0 Å². The van der Waals surface area contributed by atoms with Gasteiger partial charge >= 0.3 is 0 Å². The van der Waals surface area contributed by atoms with Crippen molar-refractivity contribution in [2.45, 2.75) is 41.0 Å². The van der Waals surface area contributed by atoms with Crippen LogP contribution in [0.1, 0.15) is 41.0 Å². The Labute approximate surface area is 146 Å². The van der Waals surface area contributed by atoms with Crippen LogP contribution in [0, 0.1) is 5.92 Å². The first-order valence-corrected chi connectivity index (χ1v) is 8.78. The Morgan fingerprint density at radius 1 is 1.04 bits per heavy atom. The van der Waals surface area contributed by atoms with Crippen molar-refractivity contribution < 1.29 is 9.59 Å². The Morgan fingerprint density at radius 3 is 2.04 bits per heavy atom. The van der Waals surface area contributed by atoms with E-state index in [1.807, 2.05) is 24.3 Å². The number of rotatable bonds is 9. The van der Waals surface area contributed by atoms with Crippen molar-refractivity contribution in [3.05, 3.63) is 24.3 Å². The number of carbonyl (C=O) groups is 2. The molecule has 1 rings (SSSR count). The lowest BCUT2D eigenvalue weighted by Gasteiger charge is -2.24. The van der Waals surface area contributed by atoms with Gasteiger partial charge in [-0.25, -0.2) is 0 Å². The van der Waals surface area contributed by atoms with Gasteiger partial charge in [-0.3, -0.25) is 9.59 Å². The molecule has 0 spiro atoms. The lowest BCUT2D eigenvalue weighted by atomic mass is 10.1. The molecule has 0 aromatic heterocycles. The fourth-order valence-electron chi connectivity index (χ4n) is 2.52. The predicted molar refractivity (Wildman–Crippen MR) is 100 cm³/mol. The van der Waals surface area contributed by atoms with Crippen LogP contribution in [0.3, 0.4) is 0 Å². The van der Waals surface area contributed by atoms with Crippen LogP contribution in [0.25, 0.3) is 0 Å². The van der Waals surface area contributed by atoms with Crippen molar-refractivity contribution in [1.29, 1.82) is 0 Å². The molecule has 0 radical (unpaired) electrons. The van der Waals surface area contributed by atoms with Gasteiger partial charge in [-0.2, -0.15) is 0 Å². The maximum atomic E-state index is 12.1. The summed E-state index contributed by atoms with van der Waals surface area (Å²) in [6.07, 6.45) is 0.935. The maximum Gasteiger partial charge on any atom is 0.240 e. The number of nitrogens with one attached hydrogen (secondary N) is 1. The molecular formula is C19H31N3O2. The van der Waals surface area contributed by atoms with E-state index in [-0.39, 0.29) is 18.4 Å². The molecule has 0 aliphatic rings. The molecule has 1 N–H and O–H groups in total. The zero-order valence-corrected chi connectivity index (χ0v) is 15.6. The van der Waals surface area contributed by atoms with Crippen molar-refractivity contribution in [2.24, 2.45) is 5.92 Å². The molecule has 0 aliphatic carbocycles. The Balaban J connectivity index is 2.74. The second-order valence-corrected chi connectivity index (χ2v) is 6.33. The quantitative estimate of drug-likeness (QED) is 0.756. The third-order valence-electron chi connectivity index (χ3n) is 4.02. The topological polar surface area (TPSA) is 52.6 Å². The molecule has 0 fully saturated rings. The van der Waals surface area contributed by atoms with E-state index >= 15 is 0 Å². The summed E-state index contributed by atoms with van der Waals surface area (Å²) in [5.74, 6) is 0.282. The van der Waals surface area contributed by atoms with Gasteiger partial charge in [0.1, 0.15) is 6.54 Å². The summed E-state index contributed by atoms with van der Waals surface area (Å²) in [6, 6.07) is 7.79. The number of benzene rings is 1. The van der Waals surface area contributed by atoms with Gasteiger partial charge in [-0.05, 0) is 50.5 Å². The molecule has 0 heterocycles. The van der Waals surface area contributed by atoms with Crippen molar-refractivity contribution >= 4 is 23.2 Å². The summed E-state index contributed by atoms with van der Waals surface area (Å²) in [5, 5.41) is 2.88. The van der Waals surface area contributed by atoms with Crippen LogP contribution in [0.15, 0.2) is 24.3 Å². The average Bonchev–Trinajstić information content (AvgIpc) is 2.54. The molecule has 134 valence electrons. The zero-order chi connectivity index (χ0) is 18.1. The number of nitrogens with zero attached hydrogens (tertiary/aromatic N) is 2. The summed E-state index contributed by atoms with van der Waals surface area (Å²) in [6.45, 7) is 12.5. The third-order valence-corrected chi connectivity index (χ3v) is 4.02. The molecule has 0 atom stereocenters. The molecule has 5 nitrogen and oxygen atoms in total. The third kappa shape index (κ3) is 6.22. The number of hydrogen-bond donors (Lipinski definition) is 1. The Morgan fingerprint density at radius 2 is 1.58 bits per heavy atom. The van der Waals surface area contributed by atoms with Crippen molar-refractivity contribution in [3.63, 3.8) is 0 Å². The molecule has 0 saturated heterocycles. The molecule has 1 aromatic carbocycles. The number of amides is 2. The molecule has 1 aromatic rings. The standard InChI is InChI=1S/C19H31N3O2/c1-6-21(7-2)17-8-10-18(11-9-17)22(16(5)23)14-19(24)20-13-12-15(3)4/h8-11,15H,6-7,12-14H2,1-5H3,(H,20,24). The van der Waals surface area contributed by atoms with E-state index in [1.54, 1.807) is 0 Å². The van der Waals surface area contributed by atoms with Crippen molar-refractivity contribution in [2.75, 3.05) is 36.0 Å². The van der Waals surface area contributed by atoms with Crippen LogP contribution in [0.2, 0.25) is 0 Å². The van der Waals surface area contributed by atoms with E-state index in [9.17, 15) is 9.59 Å². The highest BCUT2D eigenvalue weighted by atomic mass is 16.2. The maximum absolute atomic E-state index is 12.1. The van der Waals surface area contributed by atoms with Gasteiger partial charge in [0.25, 0.3) is 0 Å². The van der Waals surface area contributed by atoms with Gasteiger partial charge < -0.3 is 15.1 Å². The monoisotopic (exact) mass is 333 g/mol. The summed E-state index contributed by atoms with van der Waals surface area (Å²) in [4.78, 5) is 27.7. The predicted octanol–water partition coefficient (Wildman–Crippen LogP) is 3.05. The van der Waals surface area contributed by atoms with Gasteiger partial charge in [-0.15, -0.1) is 0 Å². The lowest BCUT2D eigenvalue weighted by molar-refractivity contribution is -0.123. The lowest BCUT2D eigenvalue weighted by Crippen LogP contribution is -2.40. The Kier molecular flexibility index (Phi) is 8.30. The smallest absolute Gasteiger partial charge is 0.240 e. The van der Waals surface area contributed by atoms with Crippen LogP contribution in [0.4, 0.5) is 11.4 Å². The molecule has 24 heavy (non-hydrogen) atoms. The summed E-state index contributed by atoms with van der Waals surface area (Å²) < 4.78 is 0. The van der Waals surface area contributed by atoms with E-state index in [4.69, 9.17) is 0 Å². The summed E-state index contributed by atoms with van der Waals surface area (Å²) >= 11 is 0. The normalized spacial score (nSPS) is 10.6. The molecule has 2 amide bonds. The fourth-order valence-corrected chi connectivity index (χ4v) is 2.52. The van der Waals surface area contributed by atoms with Crippen LogP contribution >= 0.6 is 0 Å². The Bertz CT molecular complexity index is 522. The molecule has 0 unspecified atom stereocenters. The van der Waals surface area contributed by atoms with E-state index in [0.29, 0.717) is 12.5 Å². The summed E-state index contributed by atoms with van der Waals surface area (Å²) in [5.41, 5.74) is 1.87. The average molecular weight is 333 g/mol. The minimum Gasteiger partial charge on any atom is -0.372 e. The summed E-state index contributed by atoms with van der Waals surface area (Å²) in [7, 11) is 0. The number of hydrogen-bond acceptors (Lipinski definition) is 3. The van der Waals surface area contributed by atoms with Crippen molar-refractivity contribution in [1.82, 2.24) is 5.32 Å². The largest absolute Gasteiger partial charge is 0.372 e. The van der Waals surface area contributed by atoms with Crippen LogP contribution in [-0.2, 0) is 9.59 Å². The first-order chi connectivity index (χ1) is 11.4. The number of anilines is 2. The molecule has 0 bridgehead atoms. The van der Waals surface area contributed by atoms with Gasteiger partial charge in [0.05, 0.1) is 0 Å². The first-order valence-electron chi connectivity index (χ1n) is 8.78. The van der Waals surface area contributed by atoms with Gasteiger partial charge in [0, 0.05) is 37.9 Å². The molecular weight excluding hydrogens is 302 g/mol. The van der Waals surface area contributed by atoms with Crippen LogP contribution < -0.4 is 15.1 Å². The highest BCUT2D eigenvalue weighted by Crippen LogP contribution is 2.21. The highest BCUT2D eigenvalue weighted by molar-refractivity contribution is 5.97. The first kappa shape index (κ1) is 20.0. The highest BCUT2D eigenvalue weighted by Gasteiger charge is 2.16. The van der Waals surface area contributed by atoms with Gasteiger partial charge in [0.2, 0.25) is 11.8 Å². The molecule has 5 heteroatoms. The van der Waals surface area contributed by atoms with Gasteiger partial charge in [0.15, 0.2) is 0 Å². The van der Waals surface area contributed by atoms with E-state index in [2.05, 4.69) is 37.9 Å². The Hall–Kier alpha value is -2.04. The van der Waals surface area contributed by atoms with E-state index in [0.717, 1.165) is 30.9 Å². The van der Waals surface area contributed by atoms with Crippen LogP contribution in [0.5, 0.6) is 0 Å². The van der Waals surface area contributed by atoms with Crippen LogP contribution in [-0.4, -0.2) is 38.0 Å². The van der Waals surface area contributed by atoms with E-state index < -0.39 is 0 Å². The fraction of sp³-hybridized carbons (Fsp3) is 0.579. The second-order valence-electron chi connectivity index (χ2n) is 6.33. The second kappa shape index (κ2) is 9.96. The minimum atomic E-state index is -0.135. The zero-order valence-electron chi connectivity index (χ0n) is 15.6. The van der Waals surface area contributed by atoms with Gasteiger partial charge in [-0.1, -0.05) is 13.8 Å². The minimum absolute atomic E-state index is 0.0536. The molecule has 0 saturated carbocycles. The number of carbonyl (C=O) groups excluding carboxylic acids is 2. The SMILES string of the molecule is CCN(CC)c1ccc(N(CC(=O)NCCC(C)C)C(C)=O)cc1. The van der Waals surface area contributed by atoms with E-state index in [1.165, 1.54) is 11.8 Å². The molecule has 0 aliphatic heterocycles.